The van der Waals surface area contributed by atoms with Gasteiger partial charge in [0.15, 0.2) is 11.6 Å². The van der Waals surface area contributed by atoms with Crippen LogP contribution in [-0.2, 0) is 23.8 Å². The molecule has 6 bridgehead atoms. The Balaban J connectivity index is 1.68. The Kier molecular flexibility index (Phi) is 2.58. The van der Waals surface area contributed by atoms with E-state index in [1.165, 1.54) is 0 Å². The summed E-state index contributed by atoms with van der Waals surface area (Å²) in [6, 6.07) is 0. The summed E-state index contributed by atoms with van der Waals surface area (Å²) in [5.74, 6) is -5.04. The minimum absolute atomic E-state index is 0.0428. The maximum absolute atomic E-state index is 13.7. The molecule has 0 radical (unpaired) electrons. The Morgan fingerprint density at radius 1 is 1.07 bits per heavy atom. The number of ether oxygens (including phenoxy) is 3. The van der Waals surface area contributed by atoms with Gasteiger partial charge in [0.05, 0.1) is 17.6 Å². The summed E-state index contributed by atoms with van der Waals surface area (Å²) in [5.41, 5.74) is -4.40. The maximum atomic E-state index is 13.7. The smallest absolute Gasteiger partial charge is 0.318 e. The van der Waals surface area contributed by atoms with Gasteiger partial charge in [-0.1, -0.05) is 13.8 Å². The number of carbonyl (C=O) groups excluding carboxylic acids is 2. The number of carbonyl (C=O) groups is 2. The van der Waals surface area contributed by atoms with Crippen LogP contribution in [0.3, 0.4) is 0 Å². The molecule has 5 aliphatic heterocycles. The number of ketones is 1. The van der Waals surface area contributed by atoms with Gasteiger partial charge < -0.3 is 24.4 Å². The van der Waals surface area contributed by atoms with Crippen LogP contribution in [0.2, 0.25) is 0 Å². The number of Topliss-reactive ketones (excluding diaryl/α,β-unsaturated/α-hetero) is 1. The van der Waals surface area contributed by atoms with E-state index in [4.69, 9.17) is 14.2 Å². The third-order valence-corrected chi connectivity index (χ3v) is 9.20. The monoisotopic (exact) mass is 378 g/mol. The van der Waals surface area contributed by atoms with E-state index >= 15 is 0 Å². The van der Waals surface area contributed by atoms with Crippen molar-refractivity contribution in [2.75, 3.05) is 0 Å². The van der Waals surface area contributed by atoms with Gasteiger partial charge in [0.1, 0.15) is 22.7 Å². The molecule has 7 nitrogen and oxygen atoms in total. The zero-order valence-electron chi connectivity index (χ0n) is 16.0. The first-order valence-electron chi connectivity index (χ1n) is 10.0. The van der Waals surface area contributed by atoms with Gasteiger partial charge in [0, 0.05) is 11.8 Å². The van der Waals surface area contributed by atoms with Crippen molar-refractivity contribution in [3.8, 4) is 0 Å². The van der Waals surface area contributed by atoms with Crippen LogP contribution >= 0.6 is 0 Å². The highest BCUT2D eigenvalue weighted by Crippen LogP contribution is 2.76. The quantitative estimate of drug-likeness (QED) is 0.594. The van der Waals surface area contributed by atoms with Crippen molar-refractivity contribution >= 4 is 11.8 Å². The lowest BCUT2D eigenvalue weighted by molar-refractivity contribution is -0.370. The number of esters is 1. The van der Waals surface area contributed by atoms with E-state index in [0.717, 1.165) is 0 Å². The molecule has 5 saturated heterocycles. The topological polar surface area (TPSA) is 102 Å². The highest BCUT2D eigenvalue weighted by molar-refractivity contribution is 5.95. The van der Waals surface area contributed by atoms with Crippen LogP contribution in [0, 0.1) is 29.6 Å². The van der Waals surface area contributed by atoms with Gasteiger partial charge in [-0.25, -0.2) is 0 Å². The second-order valence-corrected chi connectivity index (χ2v) is 10.3. The molecular formula is C20H26O7. The summed E-state index contributed by atoms with van der Waals surface area (Å²) in [6.45, 7) is 7.36. The lowest BCUT2D eigenvalue weighted by Crippen LogP contribution is -2.78. The Hall–Kier alpha value is -1.02. The van der Waals surface area contributed by atoms with Crippen LogP contribution in [0.4, 0.5) is 0 Å². The van der Waals surface area contributed by atoms with E-state index < -0.39 is 58.0 Å². The molecule has 148 valence electrons. The molecule has 7 aliphatic rings. The second kappa shape index (κ2) is 4.13. The van der Waals surface area contributed by atoms with Crippen LogP contribution in [0.5, 0.6) is 0 Å². The Labute approximate surface area is 157 Å². The van der Waals surface area contributed by atoms with E-state index in [9.17, 15) is 19.8 Å². The van der Waals surface area contributed by atoms with Crippen LogP contribution < -0.4 is 0 Å². The molecule has 2 aliphatic carbocycles. The summed E-state index contributed by atoms with van der Waals surface area (Å²) >= 11 is 0. The molecule has 2 saturated carbocycles. The average Bonchev–Trinajstić information content (AvgIpc) is 3.01. The zero-order valence-corrected chi connectivity index (χ0v) is 16.0. The molecule has 0 aromatic carbocycles. The summed E-state index contributed by atoms with van der Waals surface area (Å²) in [5, 5.41) is 22.7. The van der Waals surface area contributed by atoms with Crippen molar-refractivity contribution in [1.29, 1.82) is 0 Å². The molecule has 2 spiro atoms. The molecule has 0 aromatic rings. The SMILES string of the molecule is C[C@H]1C[C@]23OC(=O)C4[C@@]25O[C@@]1(C)C(O)[C@H]3CC5C(=O)[C@@]1(C)C[C@H](C)[C@]4(O)O1. The molecule has 5 heterocycles. The van der Waals surface area contributed by atoms with Crippen molar-refractivity contribution in [3.63, 3.8) is 0 Å². The Morgan fingerprint density at radius 2 is 1.78 bits per heavy atom. The molecule has 7 fully saturated rings. The highest BCUT2D eigenvalue weighted by atomic mass is 16.7. The fourth-order valence-electron chi connectivity index (χ4n) is 7.92. The van der Waals surface area contributed by atoms with Crippen molar-refractivity contribution in [2.24, 2.45) is 29.6 Å². The van der Waals surface area contributed by atoms with Gasteiger partial charge in [-0.15, -0.1) is 0 Å². The van der Waals surface area contributed by atoms with Crippen molar-refractivity contribution in [1.82, 2.24) is 0 Å². The van der Waals surface area contributed by atoms with Crippen molar-refractivity contribution < 1.29 is 34.0 Å². The highest BCUT2D eigenvalue weighted by Gasteiger charge is 2.91. The molecule has 3 unspecified atom stereocenters. The van der Waals surface area contributed by atoms with Crippen molar-refractivity contribution in [2.45, 2.75) is 81.3 Å². The average molecular weight is 378 g/mol. The van der Waals surface area contributed by atoms with Gasteiger partial charge in [-0.05, 0) is 39.0 Å². The van der Waals surface area contributed by atoms with E-state index in [2.05, 4.69) is 0 Å². The zero-order chi connectivity index (χ0) is 19.4. The molecular weight excluding hydrogens is 352 g/mol. The molecule has 0 amide bonds. The first-order valence-corrected chi connectivity index (χ1v) is 10.0. The Morgan fingerprint density at radius 3 is 2.48 bits per heavy atom. The van der Waals surface area contributed by atoms with Gasteiger partial charge in [-0.3, -0.25) is 9.59 Å². The summed E-state index contributed by atoms with van der Waals surface area (Å²) in [7, 11) is 0. The lowest BCUT2D eigenvalue weighted by Gasteiger charge is -2.64. The number of fused-ring (bicyclic) bond motifs is 4. The van der Waals surface area contributed by atoms with E-state index in [1.807, 2.05) is 13.8 Å². The van der Waals surface area contributed by atoms with Gasteiger partial charge >= 0.3 is 5.97 Å². The molecule has 2 N–H and O–H groups in total. The number of aliphatic hydroxyl groups is 2. The van der Waals surface area contributed by atoms with Gasteiger partial charge in [-0.2, -0.15) is 0 Å². The summed E-state index contributed by atoms with van der Waals surface area (Å²) in [6.07, 6.45) is 0.456. The van der Waals surface area contributed by atoms with Crippen molar-refractivity contribution in [3.05, 3.63) is 0 Å². The molecule has 27 heavy (non-hydrogen) atoms. The fourth-order valence-corrected chi connectivity index (χ4v) is 7.92. The standard InChI is InChI=1S/C20H26O7/c1-8-7-18-10-5-11-13(21)16(3)6-9(2)20(24,26-16)12(15(23)25-18)19(11,18)27-17(8,4)14(10)22/h8-12,14,22,24H,5-7H2,1-4H3/t8-,9-,10+,11?,12?,14?,16+,17+,18+,19+,20-/m0/s1. The van der Waals surface area contributed by atoms with Crippen LogP contribution in [0.15, 0.2) is 0 Å². The summed E-state index contributed by atoms with van der Waals surface area (Å²) < 4.78 is 18.6. The minimum atomic E-state index is -1.81. The van der Waals surface area contributed by atoms with E-state index in [1.54, 1.807) is 13.8 Å². The molecule has 11 atom stereocenters. The van der Waals surface area contributed by atoms with Crippen LogP contribution in [0.25, 0.3) is 0 Å². The number of hydrogen-bond donors (Lipinski definition) is 2. The summed E-state index contributed by atoms with van der Waals surface area (Å²) in [4.78, 5) is 26.9. The number of aliphatic hydroxyl groups excluding tert-OH is 1. The fraction of sp³-hybridized carbons (Fsp3) is 0.900. The second-order valence-electron chi connectivity index (χ2n) is 10.3. The predicted molar refractivity (Wildman–Crippen MR) is 89.1 cm³/mol. The minimum Gasteiger partial charge on any atom is -0.455 e. The first kappa shape index (κ1) is 16.9. The molecule has 0 aromatic heterocycles. The normalized spacial score (nSPS) is 68.1. The largest absolute Gasteiger partial charge is 0.455 e. The van der Waals surface area contributed by atoms with Gasteiger partial charge in [0.25, 0.3) is 0 Å². The Bertz CT molecular complexity index is 812. The lowest BCUT2D eigenvalue weighted by atomic mass is 9.54. The molecule has 7 rings (SSSR count). The molecule has 7 heteroatoms. The van der Waals surface area contributed by atoms with E-state index in [-0.39, 0.29) is 17.6 Å². The van der Waals surface area contributed by atoms with Crippen LogP contribution in [0.1, 0.15) is 47.0 Å². The number of hydrogen-bond acceptors (Lipinski definition) is 7. The predicted octanol–water partition coefficient (Wildman–Crippen LogP) is 0.549. The number of rotatable bonds is 0. The van der Waals surface area contributed by atoms with Crippen LogP contribution in [-0.4, -0.2) is 56.3 Å². The third-order valence-electron chi connectivity index (χ3n) is 9.20. The maximum Gasteiger partial charge on any atom is 0.318 e. The van der Waals surface area contributed by atoms with Gasteiger partial charge in [0.2, 0.25) is 0 Å². The first-order chi connectivity index (χ1) is 12.5. The third kappa shape index (κ3) is 1.35. The van der Waals surface area contributed by atoms with E-state index in [0.29, 0.717) is 19.3 Å².